The third-order valence-electron chi connectivity index (χ3n) is 2.96. The van der Waals surface area contributed by atoms with E-state index in [1.54, 1.807) is 0 Å². The monoisotopic (exact) mass is 254 g/mol. The minimum absolute atomic E-state index is 0.135. The molecule has 4 heteroatoms. The molecule has 102 valence electrons. The van der Waals surface area contributed by atoms with Crippen molar-refractivity contribution in [2.45, 2.75) is 26.4 Å². The van der Waals surface area contributed by atoms with Gasteiger partial charge in [0.25, 0.3) is 0 Å². The predicted octanol–water partition coefficient (Wildman–Crippen LogP) is 2.21. The van der Waals surface area contributed by atoms with E-state index in [1.165, 1.54) is 18.2 Å². The fraction of sp³-hybridized carbons (Fsp3) is 0.571. The highest BCUT2D eigenvalue weighted by Gasteiger charge is 2.14. The topological polar surface area (TPSA) is 35.5 Å². The number of nitrogens with one attached hydrogen (secondary N) is 1. The Morgan fingerprint density at radius 1 is 1.33 bits per heavy atom. The third kappa shape index (κ3) is 4.63. The number of halogens is 1. The first-order valence-electron chi connectivity index (χ1n) is 6.25. The second kappa shape index (κ2) is 6.71. The highest BCUT2D eigenvalue weighted by Crippen LogP contribution is 2.18. The Kier molecular flexibility index (Phi) is 5.56. The molecule has 0 bridgehead atoms. The van der Waals surface area contributed by atoms with E-state index in [0.717, 1.165) is 6.54 Å². The average molecular weight is 254 g/mol. The van der Waals surface area contributed by atoms with Gasteiger partial charge in [0.2, 0.25) is 0 Å². The second-order valence-corrected chi connectivity index (χ2v) is 5.27. The molecule has 1 rings (SSSR count). The average Bonchev–Trinajstić information content (AvgIpc) is 2.27. The van der Waals surface area contributed by atoms with Gasteiger partial charge in [-0.25, -0.2) is 4.39 Å². The number of phenols is 1. The molecule has 0 heterocycles. The summed E-state index contributed by atoms with van der Waals surface area (Å²) in [4.78, 5) is 2.11. The minimum atomic E-state index is -0.321. The van der Waals surface area contributed by atoms with Gasteiger partial charge in [-0.2, -0.15) is 0 Å². The lowest BCUT2D eigenvalue weighted by atomic mass is 10.0. The fourth-order valence-electron chi connectivity index (χ4n) is 1.84. The summed E-state index contributed by atoms with van der Waals surface area (Å²) in [6.45, 7) is 5.67. The summed E-state index contributed by atoms with van der Waals surface area (Å²) >= 11 is 0. The van der Waals surface area contributed by atoms with E-state index in [-0.39, 0.29) is 11.6 Å². The highest BCUT2D eigenvalue weighted by atomic mass is 19.1. The van der Waals surface area contributed by atoms with Crippen molar-refractivity contribution >= 4 is 0 Å². The first kappa shape index (κ1) is 14.9. The molecule has 0 aliphatic heterocycles. The van der Waals surface area contributed by atoms with Crippen molar-refractivity contribution < 1.29 is 9.50 Å². The van der Waals surface area contributed by atoms with Gasteiger partial charge in [-0.15, -0.1) is 0 Å². The predicted molar refractivity (Wildman–Crippen MR) is 72.1 cm³/mol. The van der Waals surface area contributed by atoms with Crippen LogP contribution in [0.2, 0.25) is 0 Å². The van der Waals surface area contributed by atoms with Gasteiger partial charge in [0, 0.05) is 24.7 Å². The normalized spacial score (nSPS) is 13.3. The van der Waals surface area contributed by atoms with Crippen LogP contribution in [0.4, 0.5) is 4.39 Å². The quantitative estimate of drug-likeness (QED) is 0.817. The molecule has 0 aliphatic rings. The lowest BCUT2D eigenvalue weighted by Crippen LogP contribution is -2.41. The summed E-state index contributed by atoms with van der Waals surface area (Å²) in [6, 6.07) is 4.33. The Balaban J connectivity index is 2.63. The molecule has 1 unspecified atom stereocenters. The lowest BCUT2D eigenvalue weighted by molar-refractivity contribution is 0.287. The van der Waals surface area contributed by atoms with E-state index in [2.05, 4.69) is 24.1 Å². The van der Waals surface area contributed by atoms with Gasteiger partial charge >= 0.3 is 0 Å². The van der Waals surface area contributed by atoms with Crippen LogP contribution in [0.25, 0.3) is 0 Å². The maximum atomic E-state index is 13.1. The molecule has 0 radical (unpaired) electrons. The number of nitrogens with zero attached hydrogens (tertiary/aromatic N) is 1. The molecule has 1 aromatic carbocycles. The minimum Gasteiger partial charge on any atom is -0.508 e. The number of likely N-dealkylation sites (N-methyl/N-ethyl adjacent to an activating group) is 1. The van der Waals surface area contributed by atoms with Crippen molar-refractivity contribution in [3.8, 4) is 5.75 Å². The van der Waals surface area contributed by atoms with Crippen LogP contribution >= 0.6 is 0 Å². The van der Waals surface area contributed by atoms with Crippen LogP contribution in [0.3, 0.4) is 0 Å². The molecular formula is C14H23FN2O. The molecule has 3 nitrogen and oxygen atoms in total. The molecule has 1 aromatic rings. The molecule has 18 heavy (non-hydrogen) atoms. The summed E-state index contributed by atoms with van der Waals surface area (Å²) < 4.78 is 13.1. The molecule has 0 spiro atoms. The van der Waals surface area contributed by atoms with Crippen LogP contribution in [0, 0.1) is 11.7 Å². The Morgan fingerprint density at radius 3 is 2.56 bits per heavy atom. The Morgan fingerprint density at radius 2 is 2.00 bits per heavy atom. The molecule has 1 atom stereocenters. The van der Waals surface area contributed by atoms with Crippen LogP contribution in [0.15, 0.2) is 18.2 Å². The lowest BCUT2D eigenvalue weighted by Gasteiger charge is -2.26. The van der Waals surface area contributed by atoms with Crippen LogP contribution < -0.4 is 5.32 Å². The molecule has 0 fully saturated rings. The number of hydrogen-bond acceptors (Lipinski definition) is 3. The van der Waals surface area contributed by atoms with E-state index >= 15 is 0 Å². The zero-order valence-electron chi connectivity index (χ0n) is 11.6. The fourth-order valence-corrected chi connectivity index (χ4v) is 1.84. The zero-order valence-corrected chi connectivity index (χ0v) is 11.6. The summed E-state index contributed by atoms with van der Waals surface area (Å²) in [5.41, 5.74) is 0.597. The smallest absolute Gasteiger partial charge is 0.123 e. The number of aromatic hydroxyl groups is 1. The van der Waals surface area contributed by atoms with Gasteiger partial charge in [0.05, 0.1) is 0 Å². The number of benzene rings is 1. The largest absolute Gasteiger partial charge is 0.508 e. The molecule has 0 aliphatic carbocycles. The molecule has 0 saturated carbocycles. The molecular weight excluding hydrogens is 231 g/mol. The molecule has 0 aromatic heterocycles. The number of phenolic OH excluding ortho intramolecular Hbond substituents is 1. The maximum absolute atomic E-state index is 13.1. The Labute approximate surface area is 109 Å². The SMILES string of the molecule is CC(C)C(CN(C)C)NCc1cc(F)ccc1O. The van der Waals surface area contributed by atoms with Gasteiger partial charge in [-0.05, 0) is 38.2 Å². The van der Waals surface area contributed by atoms with Crippen LogP contribution in [0.5, 0.6) is 5.75 Å². The van der Waals surface area contributed by atoms with Crippen molar-refractivity contribution in [1.82, 2.24) is 10.2 Å². The van der Waals surface area contributed by atoms with Crippen LogP contribution in [0.1, 0.15) is 19.4 Å². The Hall–Kier alpha value is -1.13. The molecule has 0 saturated heterocycles. The highest BCUT2D eigenvalue weighted by molar-refractivity contribution is 5.32. The van der Waals surface area contributed by atoms with E-state index < -0.39 is 0 Å². The molecule has 0 amide bonds. The summed E-state index contributed by atoms with van der Waals surface area (Å²) in [5.74, 6) is 0.290. The first-order chi connectivity index (χ1) is 8.40. The van der Waals surface area contributed by atoms with E-state index in [1.807, 2.05) is 14.1 Å². The van der Waals surface area contributed by atoms with E-state index in [0.29, 0.717) is 24.1 Å². The van der Waals surface area contributed by atoms with Crippen LogP contribution in [-0.2, 0) is 6.54 Å². The summed E-state index contributed by atoms with van der Waals surface area (Å²) in [5, 5.41) is 13.0. The van der Waals surface area contributed by atoms with Gasteiger partial charge in [-0.3, -0.25) is 0 Å². The van der Waals surface area contributed by atoms with Crippen molar-refractivity contribution in [1.29, 1.82) is 0 Å². The van der Waals surface area contributed by atoms with Crippen LogP contribution in [-0.4, -0.2) is 36.7 Å². The standard InChI is InChI=1S/C14H23FN2O/c1-10(2)13(9-17(3)4)16-8-11-7-12(15)5-6-14(11)18/h5-7,10,13,16,18H,8-9H2,1-4H3. The number of rotatable bonds is 6. The summed E-state index contributed by atoms with van der Waals surface area (Å²) in [7, 11) is 4.05. The Bertz CT molecular complexity index is 380. The van der Waals surface area contributed by atoms with Gasteiger partial charge in [0.1, 0.15) is 11.6 Å². The molecule has 2 N–H and O–H groups in total. The third-order valence-corrected chi connectivity index (χ3v) is 2.96. The van der Waals surface area contributed by atoms with Gasteiger partial charge in [0.15, 0.2) is 0 Å². The van der Waals surface area contributed by atoms with Crippen molar-refractivity contribution in [2.24, 2.45) is 5.92 Å². The van der Waals surface area contributed by atoms with Crippen molar-refractivity contribution in [3.63, 3.8) is 0 Å². The summed E-state index contributed by atoms with van der Waals surface area (Å²) in [6.07, 6.45) is 0. The van der Waals surface area contributed by atoms with E-state index in [4.69, 9.17) is 0 Å². The maximum Gasteiger partial charge on any atom is 0.123 e. The van der Waals surface area contributed by atoms with E-state index in [9.17, 15) is 9.50 Å². The zero-order chi connectivity index (χ0) is 13.7. The second-order valence-electron chi connectivity index (χ2n) is 5.27. The van der Waals surface area contributed by atoms with Gasteiger partial charge < -0.3 is 15.3 Å². The van der Waals surface area contributed by atoms with Crippen molar-refractivity contribution in [2.75, 3.05) is 20.6 Å². The van der Waals surface area contributed by atoms with Crippen molar-refractivity contribution in [3.05, 3.63) is 29.6 Å². The van der Waals surface area contributed by atoms with Gasteiger partial charge in [-0.1, -0.05) is 13.8 Å². The first-order valence-corrected chi connectivity index (χ1v) is 6.25. The number of hydrogen-bond donors (Lipinski definition) is 2.